The second-order valence-corrected chi connectivity index (χ2v) is 7.28. The Morgan fingerprint density at radius 2 is 2.07 bits per heavy atom. The maximum absolute atomic E-state index is 11.0. The second-order valence-electron chi connectivity index (χ2n) is 4.66. The van der Waals surface area contributed by atoms with E-state index in [4.69, 9.17) is 10.7 Å². The van der Waals surface area contributed by atoms with Crippen LogP contribution in [0.2, 0.25) is 0 Å². The second kappa shape index (κ2) is 3.65. The molecule has 2 aliphatic carbocycles. The first kappa shape index (κ1) is 10.7. The van der Waals surface area contributed by atoms with Gasteiger partial charge in [-0.1, -0.05) is 6.42 Å². The quantitative estimate of drug-likeness (QED) is 0.703. The van der Waals surface area contributed by atoms with Crippen molar-refractivity contribution >= 4 is 19.9 Å². The Hall–Kier alpha value is 0.200. The summed E-state index contributed by atoms with van der Waals surface area (Å²) in [6, 6.07) is 0. The number of hydrogen-bond donors (Lipinski definition) is 0. The molecule has 14 heavy (non-hydrogen) atoms. The monoisotopic (exact) mass is 237 g/mol. The van der Waals surface area contributed by atoms with Crippen molar-refractivity contribution in [3.05, 3.63) is 0 Å². The Labute approximate surface area is 90.0 Å². The van der Waals surface area contributed by atoms with E-state index in [1.165, 1.54) is 30.0 Å². The highest BCUT2D eigenvalue weighted by atomic mass is 35.7. The molecule has 2 fully saturated rings. The molecule has 2 saturated carbocycles. The Kier molecular flexibility index (Phi) is 2.79. The average Bonchev–Trinajstić information content (AvgIpc) is 2.62. The summed E-state index contributed by atoms with van der Waals surface area (Å²) in [7, 11) is 3.32. The van der Waals surface area contributed by atoms with Crippen LogP contribution in [-0.2, 0) is 9.24 Å². The lowest BCUT2D eigenvalue weighted by Crippen LogP contribution is -2.30. The van der Waals surface area contributed by atoms with Crippen LogP contribution in [0, 0.1) is 17.8 Å². The molecule has 5 heteroatoms. The number of nitrogens with zero attached hydrogens (tertiary/aromatic N) is 1. The van der Waals surface area contributed by atoms with Crippen molar-refractivity contribution in [1.82, 2.24) is 4.31 Å². The largest absolute Gasteiger partial charge is 0.299 e. The van der Waals surface area contributed by atoms with Crippen molar-refractivity contribution in [1.29, 1.82) is 0 Å². The van der Waals surface area contributed by atoms with Gasteiger partial charge in [0.05, 0.1) is 0 Å². The number of fused-ring (bicyclic) bond motifs is 2. The maximum atomic E-state index is 11.0. The molecule has 3 atom stereocenters. The predicted octanol–water partition coefficient (Wildman–Crippen LogP) is 1.84. The van der Waals surface area contributed by atoms with Gasteiger partial charge in [-0.3, -0.25) is 0 Å². The first-order valence-corrected chi connectivity index (χ1v) is 7.39. The molecule has 0 N–H and O–H groups in total. The topological polar surface area (TPSA) is 37.4 Å². The molecular formula is C9H16ClNO2S. The summed E-state index contributed by atoms with van der Waals surface area (Å²) in [5.74, 6) is 2.16. The van der Waals surface area contributed by atoms with E-state index >= 15 is 0 Å². The molecule has 0 aromatic carbocycles. The third kappa shape index (κ3) is 2.07. The van der Waals surface area contributed by atoms with Gasteiger partial charge in [0.15, 0.2) is 0 Å². The van der Waals surface area contributed by atoms with Crippen molar-refractivity contribution in [2.24, 2.45) is 17.8 Å². The van der Waals surface area contributed by atoms with Crippen LogP contribution >= 0.6 is 10.7 Å². The van der Waals surface area contributed by atoms with Gasteiger partial charge in [-0.2, -0.15) is 12.7 Å². The van der Waals surface area contributed by atoms with Crippen molar-refractivity contribution in [3.63, 3.8) is 0 Å². The van der Waals surface area contributed by atoms with Crippen LogP contribution in [0.1, 0.15) is 25.7 Å². The number of rotatable bonds is 3. The minimum Gasteiger partial charge on any atom is -0.195 e. The van der Waals surface area contributed by atoms with Crippen LogP contribution < -0.4 is 0 Å². The van der Waals surface area contributed by atoms with Gasteiger partial charge in [0.2, 0.25) is 0 Å². The molecule has 0 radical (unpaired) electrons. The van der Waals surface area contributed by atoms with Gasteiger partial charge >= 0.3 is 0 Å². The van der Waals surface area contributed by atoms with Gasteiger partial charge < -0.3 is 0 Å². The Balaban J connectivity index is 1.93. The van der Waals surface area contributed by atoms with Gasteiger partial charge in [-0.15, -0.1) is 0 Å². The SMILES string of the molecule is CN(CC1CC2CCC1C2)S(=O)(=O)Cl. The van der Waals surface area contributed by atoms with Crippen LogP contribution in [-0.4, -0.2) is 26.3 Å². The molecule has 0 heterocycles. The van der Waals surface area contributed by atoms with Crippen LogP contribution in [0.5, 0.6) is 0 Å². The number of hydrogen-bond acceptors (Lipinski definition) is 2. The summed E-state index contributed by atoms with van der Waals surface area (Å²) in [5.41, 5.74) is 0. The van der Waals surface area contributed by atoms with Crippen molar-refractivity contribution < 1.29 is 8.42 Å². The minimum atomic E-state index is -3.50. The van der Waals surface area contributed by atoms with E-state index in [2.05, 4.69) is 0 Å². The molecule has 0 aromatic heterocycles. The highest BCUT2D eigenvalue weighted by molar-refractivity contribution is 8.11. The van der Waals surface area contributed by atoms with E-state index in [0.29, 0.717) is 12.5 Å². The molecule has 3 unspecified atom stereocenters. The molecule has 2 rings (SSSR count). The molecule has 0 aromatic rings. The Morgan fingerprint density at radius 3 is 2.50 bits per heavy atom. The van der Waals surface area contributed by atoms with Crippen LogP contribution in [0.3, 0.4) is 0 Å². The lowest BCUT2D eigenvalue weighted by atomic mass is 9.89. The molecule has 2 bridgehead atoms. The van der Waals surface area contributed by atoms with Gasteiger partial charge in [-0.05, 0) is 37.0 Å². The Morgan fingerprint density at radius 1 is 1.36 bits per heavy atom. The summed E-state index contributed by atoms with van der Waals surface area (Å²) in [4.78, 5) is 0. The molecule has 0 saturated heterocycles. The smallest absolute Gasteiger partial charge is 0.195 e. The van der Waals surface area contributed by atoms with Crippen molar-refractivity contribution in [3.8, 4) is 0 Å². The highest BCUT2D eigenvalue weighted by Gasteiger charge is 2.40. The lowest BCUT2D eigenvalue weighted by Gasteiger charge is -2.24. The molecule has 82 valence electrons. The standard InChI is InChI=1S/C9H16ClNO2S/c1-11(14(10,12)13)6-9-5-7-2-3-8(9)4-7/h7-9H,2-6H2,1H3. The minimum absolute atomic E-state index is 0.548. The van der Waals surface area contributed by atoms with E-state index in [9.17, 15) is 8.42 Å². The average molecular weight is 238 g/mol. The van der Waals surface area contributed by atoms with Crippen LogP contribution in [0.25, 0.3) is 0 Å². The van der Waals surface area contributed by atoms with Crippen LogP contribution in [0.15, 0.2) is 0 Å². The Bertz CT molecular complexity index is 317. The molecule has 0 amide bonds. The summed E-state index contributed by atoms with van der Waals surface area (Å²) < 4.78 is 23.3. The normalized spacial score (nSPS) is 36.9. The first-order valence-electron chi connectivity index (χ1n) is 5.12. The van der Waals surface area contributed by atoms with Gasteiger partial charge in [-0.25, -0.2) is 0 Å². The van der Waals surface area contributed by atoms with E-state index in [1.54, 1.807) is 7.05 Å². The fourth-order valence-corrected chi connectivity index (χ4v) is 3.56. The summed E-state index contributed by atoms with van der Waals surface area (Å²) >= 11 is 0. The lowest BCUT2D eigenvalue weighted by molar-refractivity contribution is 0.282. The maximum Gasteiger partial charge on any atom is 0.299 e. The zero-order valence-corrected chi connectivity index (χ0v) is 9.89. The fourth-order valence-electron chi connectivity index (χ4n) is 3.02. The third-order valence-electron chi connectivity index (χ3n) is 3.75. The zero-order chi connectivity index (χ0) is 10.3. The summed E-state index contributed by atoms with van der Waals surface area (Å²) in [5, 5.41) is 0. The summed E-state index contributed by atoms with van der Waals surface area (Å²) in [6.07, 6.45) is 5.13. The summed E-state index contributed by atoms with van der Waals surface area (Å²) in [6.45, 7) is 0.604. The van der Waals surface area contributed by atoms with Crippen molar-refractivity contribution in [2.45, 2.75) is 25.7 Å². The third-order valence-corrected chi connectivity index (χ3v) is 5.35. The molecule has 2 aliphatic rings. The zero-order valence-electron chi connectivity index (χ0n) is 8.32. The predicted molar refractivity (Wildman–Crippen MR) is 56.3 cm³/mol. The van der Waals surface area contributed by atoms with E-state index < -0.39 is 9.24 Å². The highest BCUT2D eigenvalue weighted by Crippen LogP contribution is 2.48. The van der Waals surface area contributed by atoms with Crippen molar-refractivity contribution in [2.75, 3.05) is 13.6 Å². The van der Waals surface area contributed by atoms with E-state index in [1.807, 2.05) is 0 Å². The first-order chi connectivity index (χ1) is 6.47. The molecular weight excluding hydrogens is 222 g/mol. The molecule has 3 nitrogen and oxygen atoms in total. The molecule has 0 aliphatic heterocycles. The fraction of sp³-hybridized carbons (Fsp3) is 1.00. The van der Waals surface area contributed by atoms with E-state index in [0.717, 1.165) is 11.8 Å². The van der Waals surface area contributed by atoms with Gasteiger partial charge in [0, 0.05) is 24.3 Å². The van der Waals surface area contributed by atoms with Crippen LogP contribution in [0.4, 0.5) is 0 Å². The van der Waals surface area contributed by atoms with E-state index in [-0.39, 0.29) is 0 Å². The molecule has 0 spiro atoms. The van der Waals surface area contributed by atoms with Gasteiger partial charge in [0.1, 0.15) is 0 Å². The number of halogens is 1. The van der Waals surface area contributed by atoms with Gasteiger partial charge in [0.25, 0.3) is 9.24 Å².